The Balaban J connectivity index is 1.67. The highest BCUT2D eigenvalue weighted by molar-refractivity contribution is 7.92. The lowest BCUT2D eigenvalue weighted by molar-refractivity contribution is 0.102. The Morgan fingerprint density at radius 3 is 1.77 bits per heavy atom. The second-order valence-corrected chi connectivity index (χ2v) is 9.83. The van der Waals surface area contributed by atoms with Crippen LogP contribution in [0.15, 0.2) is 83.8 Å². The van der Waals surface area contributed by atoms with Crippen molar-refractivity contribution < 1.29 is 21.6 Å². The normalized spacial score (nSPS) is 11.5. The van der Waals surface area contributed by atoms with Crippen LogP contribution in [0.3, 0.4) is 0 Å². The first-order chi connectivity index (χ1) is 14.1. The molecule has 30 heavy (non-hydrogen) atoms. The molecule has 0 saturated heterocycles. The van der Waals surface area contributed by atoms with Crippen molar-refractivity contribution in [1.82, 2.24) is 0 Å². The number of hydrogen-bond acceptors (Lipinski definition) is 5. The summed E-state index contributed by atoms with van der Waals surface area (Å²) in [6.45, 7) is 0. The number of carbonyl (C=O) groups excluding carboxylic acids is 1. The third-order valence-electron chi connectivity index (χ3n) is 3.90. The number of rotatable bonds is 7. The van der Waals surface area contributed by atoms with Crippen LogP contribution in [0.2, 0.25) is 0 Å². The molecule has 0 saturated carbocycles. The maximum absolute atomic E-state index is 12.4. The van der Waals surface area contributed by atoms with E-state index in [0.717, 1.165) is 6.26 Å². The third kappa shape index (κ3) is 5.82. The molecule has 0 aliphatic carbocycles. The van der Waals surface area contributed by atoms with Crippen molar-refractivity contribution in [2.75, 3.05) is 21.0 Å². The molecule has 0 atom stereocenters. The number of benzene rings is 3. The van der Waals surface area contributed by atoms with Crippen molar-refractivity contribution in [2.24, 2.45) is 0 Å². The van der Waals surface area contributed by atoms with E-state index in [1.54, 1.807) is 30.3 Å². The highest BCUT2D eigenvalue weighted by Gasteiger charge is 2.14. The van der Waals surface area contributed by atoms with Crippen molar-refractivity contribution in [3.63, 3.8) is 0 Å². The summed E-state index contributed by atoms with van der Waals surface area (Å²) < 4.78 is 52.1. The van der Waals surface area contributed by atoms with E-state index in [0.29, 0.717) is 22.6 Å². The van der Waals surface area contributed by atoms with Crippen LogP contribution in [-0.2, 0) is 20.0 Å². The molecule has 0 bridgehead atoms. The van der Waals surface area contributed by atoms with Crippen LogP contribution in [0.25, 0.3) is 0 Å². The zero-order chi connectivity index (χ0) is 21.8. The Labute approximate surface area is 175 Å². The summed E-state index contributed by atoms with van der Waals surface area (Å²) in [7, 11) is -7.15. The average molecular weight is 446 g/mol. The summed E-state index contributed by atoms with van der Waals surface area (Å²) in [5, 5.41) is 2.66. The minimum Gasteiger partial charge on any atom is -0.322 e. The second-order valence-electron chi connectivity index (χ2n) is 6.40. The van der Waals surface area contributed by atoms with Crippen LogP contribution < -0.4 is 14.8 Å². The first kappa shape index (κ1) is 21.3. The molecule has 0 aliphatic heterocycles. The van der Waals surface area contributed by atoms with Gasteiger partial charge in [-0.25, -0.2) is 16.8 Å². The first-order valence-electron chi connectivity index (χ1n) is 8.69. The summed E-state index contributed by atoms with van der Waals surface area (Å²) in [6.07, 6.45) is 1.03. The molecule has 0 aromatic heterocycles. The molecule has 3 N–H and O–H groups in total. The van der Waals surface area contributed by atoms with Crippen LogP contribution in [0, 0.1) is 0 Å². The molecular weight excluding hydrogens is 426 g/mol. The monoisotopic (exact) mass is 445 g/mol. The van der Waals surface area contributed by atoms with Crippen molar-refractivity contribution in [3.05, 3.63) is 84.4 Å². The quantitative estimate of drug-likeness (QED) is 0.516. The van der Waals surface area contributed by atoms with E-state index in [1.165, 1.54) is 48.5 Å². The topological polar surface area (TPSA) is 121 Å². The van der Waals surface area contributed by atoms with Gasteiger partial charge in [0.2, 0.25) is 10.0 Å². The molecule has 1 amide bonds. The lowest BCUT2D eigenvalue weighted by atomic mass is 10.2. The van der Waals surface area contributed by atoms with Crippen molar-refractivity contribution in [1.29, 1.82) is 0 Å². The Bertz CT molecular complexity index is 1240. The zero-order valence-corrected chi connectivity index (χ0v) is 17.5. The fraction of sp³-hybridized carbons (Fsp3) is 0.0500. The molecule has 0 aliphatic rings. The van der Waals surface area contributed by atoms with Crippen LogP contribution in [0.4, 0.5) is 17.1 Å². The number of para-hydroxylation sites is 1. The fourth-order valence-corrected chi connectivity index (χ4v) is 4.17. The maximum atomic E-state index is 12.4. The highest BCUT2D eigenvalue weighted by Crippen LogP contribution is 2.19. The zero-order valence-electron chi connectivity index (χ0n) is 15.9. The number of hydrogen-bond donors (Lipinski definition) is 3. The van der Waals surface area contributed by atoms with E-state index in [9.17, 15) is 21.6 Å². The minimum absolute atomic E-state index is 0.0561. The molecule has 0 fully saturated rings. The largest absolute Gasteiger partial charge is 0.322 e. The maximum Gasteiger partial charge on any atom is 0.261 e. The predicted octanol–water partition coefficient (Wildman–Crippen LogP) is 3.11. The summed E-state index contributed by atoms with van der Waals surface area (Å²) in [5.41, 5.74) is 1.52. The average Bonchev–Trinajstić information content (AvgIpc) is 2.68. The van der Waals surface area contributed by atoms with Crippen LogP contribution in [0.1, 0.15) is 10.4 Å². The fourth-order valence-electron chi connectivity index (χ4n) is 2.54. The molecule has 156 valence electrons. The molecule has 0 radical (unpaired) electrons. The minimum atomic E-state index is -3.75. The second kappa shape index (κ2) is 8.56. The van der Waals surface area contributed by atoms with Gasteiger partial charge in [-0.2, -0.15) is 0 Å². The van der Waals surface area contributed by atoms with Gasteiger partial charge in [-0.05, 0) is 60.7 Å². The van der Waals surface area contributed by atoms with Gasteiger partial charge in [-0.1, -0.05) is 18.2 Å². The number of amides is 1. The SMILES string of the molecule is CS(=O)(=O)Nc1ccc(C(=O)Nc2ccc(S(=O)(=O)Nc3ccccc3)cc2)cc1. The van der Waals surface area contributed by atoms with E-state index in [1.807, 2.05) is 0 Å². The Morgan fingerprint density at radius 2 is 1.20 bits per heavy atom. The van der Waals surface area contributed by atoms with Crippen LogP contribution in [0.5, 0.6) is 0 Å². The molecule has 0 spiro atoms. The van der Waals surface area contributed by atoms with Gasteiger partial charge < -0.3 is 5.32 Å². The lowest BCUT2D eigenvalue weighted by Gasteiger charge is -2.10. The Hall–Kier alpha value is -3.37. The van der Waals surface area contributed by atoms with Gasteiger partial charge in [0.1, 0.15) is 0 Å². The van der Waals surface area contributed by atoms with Crippen molar-refractivity contribution in [3.8, 4) is 0 Å². The Kier molecular flexibility index (Phi) is 6.09. The highest BCUT2D eigenvalue weighted by atomic mass is 32.2. The third-order valence-corrected chi connectivity index (χ3v) is 5.90. The number of nitrogens with one attached hydrogen (secondary N) is 3. The van der Waals surface area contributed by atoms with Crippen molar-refractivity contribution in [2.45, 2.75) is 4.90 Å². The summed E-state index contributed by atoms with van der Waals surface area (Å²) >= 11 is 0. The molecule has 3 aromatic carbocycles. The van der Waals surface area contributed by atoms with Gasteiger partial charge in [0.15, 0.2) is 0 Å². The van der Waals surface area contributed by atoms with Crippen LogP contribution in [-0.4, -0.2) is 29.0 Å². The molecule has 10 heteroatoms. The molecule has 3 rings (SSSR count). The van der Waals surface area contributed by atoms with E-state index < -0.39 is 26.0 Å². The van der Waals surface area contributed by atoms with Gasteiger partial charge >= 0.3 is 0 Å². The van der Waals surface area contributed by atoms with E-state index in [-0.39, 0.29) is 4.90 Å². The smallest absolute Gasteiger partial charge is 0.261 e. The van der Waals surface area contributed by atoms with Gasteiger partial charge in [0.25, 0.3) is 15.9 Å². The van der Waals surface area contributed by atoms with Gasteiger partial charge in [-0.15, -0.1) is 0 Å². The molecule has 0 unspecified atom stereocenters. The number of anilines is 3. The summed E-state index contributed by atoms with van der Waals surface area (Å²) in [6, 6.07) is 20.2. The number of sulfonamides is 2. The lowest BCUT2D eigenvalue weighted by Crippen LogP contribution is -2.14. The summed E-state index contributed by atoms with van der Waals surface area (Å²) in [4.78, 5) is 12.4. The first-order valence-corrected chi connectivity index (χ1v) is 12.1. The van der Waals surface area contributed by atoms with E-state index >= 15 is 0 Å². The molecule has 8 nitrogen and oxygen atoms in total. The van der Waals surface area contributed by atoms with Gasteiger partial charge in [0, 0.05) is 22.6 Å². The van der Waals surface area contributed by atoms with Gasteiger partial charge in [0.05, 0.1) is 11.2 Å². The molecule has 0 heterocycles. The Morgan fingerprint density at radius 1 is 0.667 bits per heavy atom. The van der Waals surface area contributed by atoms with Gasteiger partial charge in [-0.3, -0.25) is 14.2 Å². The van der Waals surface area contributed by atoms with E-state index in [4.69, 9.17) is 0 Å². The van der Waals surface area contributed by atoms with Crippen LogP contribution >= 0.6 is 0 Å². The predicted molar refractivity (Wildman–Crippen MR) is 117 cm³/mol. The number of carbonyl (C=O) groups is 1. The molecule has 3 aromatic rings. The standard InChI is InChI=1S/C20H19N3O5S2/c1-29(25,26)22-18-9-7-15(8-10-18)20(24)21-16-11-13-19(14-12-16)30(27,28)23-17-5-3-2-4-6-17/h2-14,22-23H,1H3,(H,21,24). The van der Waals surface area contributed by atoms with E-state index in [2.05, 4.69) is 14.8 Å². The summed E-state index contributed by atoms with van der Waals surface area (Å²) in [5.74, 6) is -0.418. The van der Waals surface area contributed by atoms with Crippen molar-refractivity contribution >= 4 is 43.0 Å². The molecular formula is C20H19N3O5S2.